The van der Waals surface area contributed by atoms with E-state index in [2.05, 4.69) is 5.32 Å². The summed E-state index contributed by atoms with van der Waals surface area (Å²) >= 11 is 0. The molecule has 2 N–H and O–H groups in total. The van der Waals surface area contributed by atoms with Gasteiger partial charge in [-0.2, -0.15) is 0 Å². The first-order chi connectivity index (χ1) is 8.50. The Kier molecular flexibility index (Phi) is 5.17. The largest absolute Gasteiger partial charge is 0.481 e. The zero-order valence-corrected chi connectivity index (χ0v) is 10.4. The average molecular weight is 251 g/mol. The summed E-state index contributed by atoms with van der Waals surface area (Å²) in [5.41, 5.74) is 0.648. The molecule has 5 nitrogen and oxygen atoms in total. The van der Waals surface area contributed by atoms with Crippen LogP contribution in [0.3, 0.4) is 0 Å². The number of alkyl carbamates (subject to hydrolysis) is 1. The van der Waals surface area contributed by atoms with E-state index in [0.29, 0.717) is 5.56 Å². The number of ether oxygens (including phenoxy) is 1. The van der Waals surface area contributed by atoms with Crippen molar-refractivity contribution in [3.63, 3.8) is 0 Å². The second kappa shape index (κ2) is 6.64. The van der Waals surface area contributed by atoms with Gasteiger partial charge in [-0.3, -0.25) is 4.79 Å². The van der Waals surface area contributed by atoms with E-state index in [9.17, 15) is 9.59 Å². The highest BCUT2D eigenvalue weighted by Crippen LogP contribution is 2.14. The molecule has 1 amide bonds. The number of benzene rings is 1. The minimum absolute atomic E-state index is 0.00486. The Morgan fingerprint density at radius 3 is 2.39 bits per heavy atom. The summed E-state index contributed by atoms with van der Waals surface area (Å²) in [6, 6.07) is 8.76. The molecule has 1 aromatic rings. The maximum Gasteiger partial charge on any atom is 0.407 e. The van der Waals surface area contributed by atoms with E-state index in [1.54, 1.807) is 38.1 Å². The second-order valence-corrected chi connectivity index (χ2v) is 4.14. The molecule has 0 aliphatic carbocycles. The molecule has 1 aromatic carbocycles. The summed E-state index contributed by atoms with van der Waals surface area (Å²) in [6.45, 7) is 3.46. The van der Waals surface area contributed by atoms with Crippen LogP contribution in [0.25, 0.3) is 0 Å². The van der Waals surface area contributed by atoms with Crippen molar-refractivity contribution < 1.29 is 19.4 Å². The first kappa shape index (κ1) is 14.0. The van der Waals surface area contributed by atoms with Gasteiger partial charge in [0.2, 0.25) is 0 Å². The third-order valence-electron chi connectivity index (χ3n) is 2.29. The number of carboxylic acids is 1. The number of amides is 1. The van der Waals surface area contributed by atoms with Gasteiger partial charge in [0.25, 0.3) is 0 Å². The number of hydrogen-bond acceptors (Lipinski definition) is 3. The topological polar surface area (TPSA) is 75.6 Å². The third-order valence-corrected chi connectivity index (χ3v) is 2.29. The lowest BCUT2D eigenvalue weighted by Gasteiger charge is -2.14. The fraction of sp³-hybridized carbons (Fsp3) is 0.385. The zero-order valence-electron chi connectivity index (χ0n) is 10.4. The van der Waals surface area contributed by atoms with Gasteiger partial charge in [-0.15, -0.1) is 0 Å². The number of hydrogen-bond donors (Lipinski definition) is 2. The molecule has 0 spiro atoms. The van der Waals surface area contributed by atoms with Crippen LogP contribution in [0.2, 0.25) is 0 Å². The molecule has 0 heterocycles. The van der Waals surface area contributed by atoms with Crippen LogP contribution in [0.15, 0.2) is 30.3 Å². The summed E-state index contributed by atoms with van der Waals surface area (Å²) in [5, 5.41) is 11.6. The van der Waals surface area contributed by atoms with Crippen LogP contribution in [-0.2, 0) is 9.53 Å². The first-order valence-electron chi connectivity index (χ1n) is 5.73. The van der Waals surface area contributed by atoms with Gasteiger partial charge in [0.1, 0.15) is 0 Å². The van der Waals surface area contributed by atoms with Gasteiger partial charge in [-0.05, 0) is 19.4 Å². The molecule has 1 unspecified atom stereocenters. The molecule has 5 heteroatoms. The minimum atomic E-state index is -0.981. The molecule has 0 saturated heterocycles. The van der Waals surface area contributed by atoms with Crippen molar-refractivity contribution in [2.45, 2.75) is 25.9 Å². The molecule has 1 atom stereocenters. The lowest BCUT2D eigenvalue weighted by atomic mass is 9.99. The summed E-state index contributed by atoms with van der Waals surface area (Å²) in [5.74, 6) is -1.75. The highest BCUT2D eigenvalue weighted by atomic mass is 16.6. The number of carbonyl (C=O) groups is 2. The fourth-order valence-electron chi connectivity index (χ4n) is 1.47. The molecule has 0 bridgehead atoms. The second-order valence-electron chi connectivity index (χ2n) is 4.14. The van der Waals surface area contributed by atoms with Crippen molar-refractivity contribution in [3.8, 4) is 0 Å². The highest BCUT2D eigenvalue weighted by Gasteiger charge is 2.20. The number of carbonyl (C=O) groups excluding carboxylic acids is 1. The van der Waals surface area contributed by atoms with Crippen LogP contribution >= 0.6 is 0 Å². The van der Waals surface area contributed by atoms with Crippen LogP contribution in [-0.4, -0.2) is 29.8 Å². The SMILES string of the molecule is CC(C)OC(=O)NCC(C(=O)O)c1ccccc1. The lowest BCUT2D eigenvalue weighted by Crippen LogP contribution is -2.33. The monoisotopic (exact) mass is 251 g/mol. The minimum Gasteiger partial charge on any atom is -0.481 e. The Balaban J connectivity index is 2.60. The maximum atomic E-state index is 11.3. The molecule has 0 radical (unpaired) electrons. The number of aliphatic carboxylic acids is 1. The predicted molar refractivity (Wildman–Crippen MR) is 66.4 cm³/mol. The molecule has 0 saturated carbocycles. The van der Waals surface area contributed by atoms with Gasteiger partial charge < -0.3 is 15.2 Å². The Hall–Kier alpha value is -2.04. The number of nitrogens with one attached hydrogen (secondary N) is 1. The first-order valence-corrected chi connectivity index (χ1v) is 5.73. The molecular weight excluding hydrogens is 234 g/mol. The van der Waals surface area contributed by atoms with Gasteiger partial charge in [-0.25, -0.2) is 4.79 Å². The van der Waals surface area contributed by atoms with Crippen molar-refractivity contribution in [2.24, 2.45) is 0 Å². The summed E-state index contributed by atoms with van der Waals surface area (Å²) in [7, 11) is 0. The van der Waals surface area contributed by atoms with Crippen molar-refractivity contribution in [1.29, 1.82) is 0 Å². The van der Waals surface area contributed by atoms with Gasteiger partial charge in [-0.1, -0.05) is 30.3 Å². The molecule has 0 aromatic heterocycles. The van der Waals surface area contributed by atoms with Gasteiger partial charge >= 0.3 is 12.1 Å². The van der Waals surface area contributed by atoms with Crippen molar-refractivity contribution in [2.75, 3.05) is 6.54 Å². The Labute approximate surface area is 106 Å². The van der Waals surface area contributed by atoms with E-state index in [0.717, 1.165) is 0 Å². The van der Waals surface area contributed by atoms with Crippen LogP contribution < -0.4 is 5.32 Å². The Morgan fingerprint density at radius 2 is 1.89 bits per heavy atom. The Morgan fingerprint density at radius 1 is 1.28 bits per heavy atom. The molecule has 1 rings (SSSR count). The predicted octanol–water partition coefficient (Wildman–Crippen LogP) is 1.99. The van der Waals surface area contributed by atoms with E-state index >= 15 is 0 Å². The number of rotatable bonds is 5. The van der Waals surface area contributed by atoms with Crippen LogP contribution in [0, 0.1) is 0 Å². The molecule has 0 aliphatic heterocycles. The van der Waals surface area contributed by atoms with E-state index in [-0.39, 0.29) is 12.6 Å². The van der Waals surface area contributed by atoms with E-state index in [4.69, 9.17) is 9.84 Å². The van der Waals surface area contributed by atoms with E-state index in [1.807, 2.05) is 6.07 Å². The maximum absolute atomic E-state index is 11.3. The van der Waals surface area contributed by atoms with Crippen molar-refractivity contribution >= 4 is 12.1 Å². The quantitative estimate of drug-likeness (QED) is 0.839. The smallest absolute Gasteiger partial charge is 0.407 e. The van der Waals surface area contributed by atoms with Crippen molar-refractivity contribution in [1.82, 2.24) is 5.32 Å². The third kappa shape index (κ3) is 4.45. The fourth-order valence-corrected chi connectivity index (χ4v) is 1.47. The molecular formula is C13H17NO4. The van der Waals surface area contributed by atoms with Crippen LogP contribution in [0.1, 0.15) is 25.3 Å². The lowest BCUT2D eigenvalue weighted by molar-refractivity contribution is -0.138. The van der Waals surface area contributed by atoms with Gasteiger partial charge in [0.05, 0.1) is 12.0 Å². The molecule has 0 fully saturated rings. The standard InChI is InChI=1S/C13H17NO4/c1-9(2)18-13(17)14-8-11(12(15)16)10-6-4-3-5-7-10/h3-7,9,11H,8H2,1-2H3,(H,14,17)(H,15,16). The average Bonchev–Trinajstić information content (AvgIpc) is 2.29. The van der Waals surface area contributed by atoms with E-state index < -0.39 is 18.0 Å². The normalized spacial score (nSPS) is 11.9. The van der Waals surface area contributed by atoms with Gasteiger partial charge in [0.15, 0.2) is 0 Å². The molecule has 18 heavy (non-hydrogen) atoms. The summed E-state index contributed by atoms with van der Waals surface area (Å²) in [6.07, 6.45) is -0.836. The van der Waals surface area contributed by atoms with Crippen LogP contribution in [0.4, 0.5) is 4.79 Å². The Bertz CT molecular complexity index is 403. The van der Waals surface area contributed by atoms with Gasteiger partial charge in [0, 0.05) is 6.54 Å². The highest BCUT2D eigenvalue weighted by molar-refractivity contribution is 5.77. The van der Waals surface area contributed by atoms with E-state index in [1.165, 1.54) is 0 Å². The molecule has 98 valence electrons. The zero-order chi connectivity index (χ0) is 13.5. The van der Waals surface area contributed by atoms with Crippen LogP contribution in [0.5, 0.6) is 0 Å². The summed E-state index contributed by atoms with van der Waals surface area (Å²) < 4.78 is 4.87. The summed E-state index contributed by atoms with van der Waals surface area (Å²) in [4.78, 5) is 22.4. The van der Waals surface area contributed by atoms with Crippen molar-refractivity contribution in [3.05, 3.63) is 35.9 Å². The number of carboxylic acid groups (broad SMARTS) is 1. The molecule has 0 aliphatic rings.